The fourth-order valence-electron chi connectivity index (χ4n) is 6.59. The lowest BCUT2D eigenvalue weighted by atomic mass is 9.96. The van der Waals surface area contributed by atoms with E-state index in [0.717, 1.165) is 16.7 Å². The van der Waals surface area contributed by atoms with E-state index < -0.39 is 47.3 Å². The maximum Gasteiger partial charge on any atom is 0.407 e. The number of fused-ring (bicyclic) bond motifs is 2. The molecule has 3 amide bonds. The zero-order valence-corrected chi connectivity index (χ0v) is 27.3. The first kappa shape index (κ1) is 32.4. The molecule has 0 saturated carbocycles. The van der Waals surface area contributed by atoms with Crippen molar-refractivity contribution in [2.75, 3.05) is 25.9 Å². The van der Waals surface area contributed by atoms with Crippen LogP contribution in [0, 0.1) is 19.8 Å². The summed E-state index contributed by atoms with van der Waals surface area (Å²) < 4.78 is 27.1. The molecule has 0 aromatic heterocycles. The normalized spacial score (nSPS) is 25.5. The molecular formula is C33H41N3O9S. The van der Waals surface area contributed by atoms with Crippen LogP contribution in [0.1, 0.15) is 42.5 Å². The summed E-state index contributed by atoms with van der Waals surface area (Å²) >= 11 is 1.46. The number of ether oxygens (including phenoxy) is 5. The second kappa shape index (κ2) is 13.3. The Kier molecular flexibility index (Phi) is 9.38. The summed E-state index contributed by atoms with van der Waals surface area (Å²) in [5, 5.41) is 17.4. The summed E-state index contributed by atoms with van der Waals surface area (Å²) in [6.45, 7) is 8.95. The van der Waals surface area contributed by atoms with Gasteiger partial charge in [-0.1, -0.05) is 24.3 Å². The van der Waals surface area contributed by atoms with Crippen LogP contribution in [0.15, 0.2) is 36.4 Å². The molecule has 3 N–H and O–H groups in total. The third kappa shape index (κ3) is 6.64. The average molecular weight is 656 g/mol. The van der Waals surface area contributed by atoms with Crippen molar-refractivity contribution in [3.8, 4) is 11.5 Å². The number of benzene rings is 2. The lowest BCUT2D eigenvalue weighted by Crippen LogP contribution is -2.58. The van der Waals surface area contributed by atoms with Crippen LogP contribution in [0.2, 0.25) is 0 Å². The van der Waals surface area contributed by atoms with Crippen LogP contribution in [-0.2, 0) is 36.8 Å². The monoisotopic (exact) mass is 655 g/mol. The van der Waals surface area contributed by atoms with Gasteiger partial charge in [0.1, 0.15) is 12.1 Å². The van der Waals surface area contributed by atoms with Gasteiger partial charge in [0, 0.05) is 11.3 Å². The Balaban J connectivity index is 1.19. The zero-order chi connectivity index (χ0) is 32.6. The van der Waals surface area contributed by atoms with E-state index in [1.807, 2.05) is 45.9 Å². The van der Waals surface area contributed by atoms with Crippen molar-refractivity contribution in [2.45, 2.75) is 82.4 Å². The Morgan fingerprint density at radius 3 is 2.65 bits per heavy atom. The van der Waals surface area contributed by atoms with Crippen molar-refractivity contribution < 1.29 is 43.2 Å². The number of thioether (sulfide) groups is 1. The number of hydrogen-bond acceptors (Lipinski definition) is 10. The topological polar surface area (TPSA) is 145 Å². The fourth-order valence-corrected chi connectivity index (χ4v) is 7.73. The molecule has 0 aliphatic carbocycles. The number of rotatable bonds is 9. The Bertz CT molecular complexity index is 1470. The number of carbonyl (C=O) groups excluding carboxylic acids is 3. The minimum absolute atomic E-state index is 0.0730. The minimum Gasteiger partial charge on any atom is -0.454 e. The third-order valence-electron chi connectivity index (χ3n) is 9.23. The second-order valence-corrected chi connectivity index (χ2v) is 14.3. The number of amides is 3. The molecule has 4 aliphatic heterocycles. The number of carbonyl (C=O) groups is 3. The van der Waals surface area contributed by atoms with E-state index in [1.54, 1.807) is 18.2 Å². The van der Waals surface area contributed by atoms with Crippen LogP contribution in [0.4, 0.5) is 4.79 Å². The molecule has 2 aromatic rings. The van der Waals surface area contributed by atoms with E-state index in [-0.39, 0.29) is 37.5 Å². The summed E-state index contributed by atoms with van der Waals surface area (Å²) in [7, 11) is 0. The molecular weight excluding hydrogens is 614 g/mol. The molecule has 0 radical (unpaired) electrons. The van der Waals surface area contributed by atoms with Crippen molar-refractivity contribution in [1.82, 2.24) is 15.5 Å². The maximum absolute atomic E-state index is 14.0. The van der Waals surface area contributed by atoms with Crippen LogP contribution in [-0.4, -0.2) is 89.1 Å². The molecule has 4 heterocycles. The summed E-state index contributed by atoms with van der Waals surface area (Å²) in [5.74, 6) is 0.278. The quantitative estimate of drug-likeness (QED) is 0.369. The molecule has 12 nitrogen and oxygen atoms in total. The van der Waals surface area contributed by atoms with Gasteiger partial charge in [-0.25, -0.2) is 4.79 Å². The van der Waals surface area contributed by atoms with Gasteiger partial charge in [-0.3, -0.25) is 9.59 Å². The molecule has 3 saturated heterocycles. The van der Waals surface area contributed by atoms with Gasteiger partial charge in [0.2, 0.25) is 12.7 Å². The molecule has 0 unspecified atom stereocenters. The van der Waals surface area contributed by atoms with E-state index in [4.69, 9.17) is 23.7 Å². The van der Waals surface area contributed by atoms with Gasteiger partial charge >= 0.3 is 6.09 Å². The molecule has 3 fully saturated rings. The molecule has 0 spiro atoms. The number of aryl methyl sites for hydroxylation is 2. The fraction of sp³-hybridized carbons (Fsp3) is 0.545. The number of nitrogens with one attached hydrogen (secondary N) is 2. The SMILES string of the molecule is Cc1cccc(C)c1CNC(=O)[C@H]1N(C(=O)[C@@H](O)[C@H](Cc2ccc3c(c2)OCO3)NC(=O)O[C@H]2CO[C@H]3OCC[C@H]32)CSC1(C)C. The van der Waals surface area contributed by atoms with Gasteiger partial charge in [0.15, 0.2) is 23.9 Å². The number of hydrogen-bond donors (Lipinski definition) is 3. The highest BCUT2D eigenvalue weighted by Gasteiger charge is 2.50. The van der Waals surface area contributed by atoms with Crippen molar-refractivity contribution in [3.05, 3.63) is 58.7 Å². The van der Waals surface area contributed by atoms with Gasteiger partial charge in [-0.05, 0) is 74.9 Å². The number of aliphatic hydroxyl groups excluding tert-OH is 1. The predicted octanol–water partition coefficient (Wildman–Crippen LogP) is 2.79. The van der Waals surface area contributed by atoms with Crippen molar-refractivity contribution in [2.24, 2.45) is 5.92 Å². The van der Waals surface area contributed by atoms with E-state index >= 15 is 0 Å². The minimum atomic E-state index is -1.68. The van der Waals surface area contributed by atoms with E-state index in [2.05, 4.69) is 10.6 Å². The summed E-state index contributed by atoms with van der Waals surface area (Å²) in [4.78, 5) is 42.3. The Hall–Kier alpha value is -3.52. The predicted molar refractivity (Wildman–Crippen MR) is 168 cm³/mol. The Morgan fingerprint density at radius 1 is 1.11 bits per heavy atom. The molecule has 46 heavy (non-hydrogen) atoms. The first-order valence-corrected chi connectivity index (χ1v) is 16.5. The number of aliphatic hydroxyl groups is 1. The largest absolute Gasteiger partial charge is 0.454 e. The third-order valence-corrected chi connectivity index (χ3v) is 10.6. The summed E-state index contributed by atoms with van der Waals surface area (Å²) in [6, 6.07) is 9.31. The van der Waals surface area contributed by atoms with Crippen LogP contribution < -0.4 is 20.1 Å². The van der Waals surface area contributed by atoms with E-state index in [1.165, 1.54) is 16.7 Å². The van der Waals surface area contributed by atoms with Gasteiger partial charge < -0.3 is 44.3 Å². The molecule has 2 aromatic carbocycles. The smallest absolute Gasteiger partial charge is 0.407 e. The Morgan fingerprint density at radius 2 is 1.87 bits per heavy atom. The van der Waals surface area contributed by atoms with Crippen LogP contribution in [0.5, 0.6) is 11.5 Å². The van der Waals surface area contributed by atoms with E-state index in [9.17, 15) is 19.5 Å². The first-order valence-electron chi connectivity index (χ1n) is 15.6. The van der Waals surface area contributed by atoms with Gasteiger partial charge in [0.05, 0.1) is 31.1 Å². The van der Waals surface area contributed by atoms with E-state index in [0.29, 0.717) is 36.6 Å². The molecule has 248 valence electrons. The van der Waals surface area contributed by atoms with Gasteiger partial charge in [-0.15, -0.1) is 11.8 Å². The van der Waals surface area contributed by atoms with Crippen molar-refractivity contribution in [3.63, 3.8) is 0 Å². The lowest BCUT2D eigenvalue weighted by molar-refractivity contribution is -0.147. The Labute approximate surface area is 272 Å². The van der Waals surface area contributed by atoms with Crippen LogP contribution in [0.25, 0.3) is 0 Å². The standard InChI is InChI=1S/C33H41N3O9S/c1-18-6-5-7-19(2)22(18)14-34-29(38)28-33(3,4)46-16-36(28)30(39)27(37)23(12-20-8-9-24-25(13-20)44-17-43-24)35-32(40)45-26-15-42-31-21(26)10-11-41-31/h5-9,13,21,23,26-28,31,37H,10-12,14-17H2,1-4H3,(H,34,38)(H,35,40)/t21-,23-,26-,27-,28+,31+/m0/s1. The van der Waals surface area contributed by atoms with Crippen LogP contribution >= 0.6 is 11.8 Å². The zero-order valence-electron chi connectivity index (χ0n) is 26.4. The molecule has 4 aliphatic rings. The maximum atomic E-state index is 14.0. The van der Waals surface area contributed by atoms with Crippen LogP contribution in [0.3, 0.4) is 0 Å². The van der Waals surface area contributed by atoms with Crippen molar-refractivity contribution >= 4 is 29.7 Å². The average Bonchev–Trinajstić information content (AvgIpc) is 3.81. The summed E-state index contributed by atoms with van der Waals surface area (Å²) in [5.41, 5.74) is 3.85. The molecule has 0 bridgehead atoms. The molecule has 13 heteroatoms. The van der Waals surface area contributed by atoms with Gasteiger partial charge in [-0.2, -0.15) is 0 Å². The number of alkyl carbamates (subject to hydrolysis) is 1. The highest BCUT2D eigenvalue weighted by Crippen LogP contribution is 2.40. The first-order chi connectivity index (χ1) is 22.0. The van der Waals surface area contributed by atoms with Crippen molar-refractivity contribution in [1.29, 1.82) is 0 Å². The molecule has 6 rings (SSSR count). The number of nitrogens with zero attached hydrogens (tertiary/aromatic N) is 1. The summed E-state index contributed by atoms with van der Waals surface area (Å²) in [6.07, 6.45) is -2.57. The highest BCUT2D eigenvalue weighted by molar-refractivity contribution is 8.00. The van der Waals surface area contributed by atoms with Gasteiger partial charge in [0.25, 0.3) is 5.91 Å². The lowest BCUT2D eigenvalue weighted by Gasteiger charge is -2.33. The molecule has 6 atom stereocenters. The highest BCUT2D eigenvalue weighted by atomic mass is 32.2. The second-order valence-electron chi connectivity index (χ2n) is 12.7.